The molecule has 1 aliphatic heterocycles. The number of fused-ring (bicyclic) bond motifs is 1. The topological polar surface area (TPSA) is 18.5 Å². The molecule has 0 unspecified atom stereocenters. The first-order valence-electron chi connectivity index (χ1n) is 6.33. The van der Waals surface area contributed by atoms with Crippen LogP contribution in [0.2, 0.25) is 0 Å². The van der Waals surface area contributed by atoms with Crippen molar-refractivity contribution in [3.8, 4) is 0 Å². The highest BCUT2D eigenvalue weighted by molar-refractivity contribution is 7.17. The molecule has 0 saturated carbocycles. The molecule has 2 nitrogen and oxygen atoms in total. The lowest BCUT2D eigenvalue weighted by Gasteiger charge is -2.32. The SMILES string of the molecule is CC1(C)OB(c2ccc3sccc3c2F)OC1(C)C. The Labute approximate surface area is 116 Å². The molecule has 5 heteroatoms. The largest absolute Gasteiger partial charge is 0.497 e. The van der Waals surface area contributed by atoms with Gasteiger partial charge in [0.15, 0.2) is 0 Å². The summed E-state index contributed by atoms with van der Waals surface area (Å²) in [5, 5.41) is 2.53. The third-order valence-corrected chi connectivity index (χ3v) is 4.99. The Balaban J connectivity index is 2.04. The zero-order valence-electron chi connectivity index (χ0n) is 11.5. The van der Waals surface area contributed by atoms with E-state index in [1.54, 1.807) is 12.1 Å². The van der Waals surface area contributed by atoms with Crippen LogP contribution in [-0.2, 0) is 9.31 Å². The van der Waals surface area contributed by atoms with E-state index in [0.717, 1.165) is 4.70 Å². The minimum absolute atomic E-state index is 0.239. The molecule has 1 aliphatic rings. The van der Waals surface area contributed by atoms with E-state index in [2.05, 4.69) is 0 Å². The monoisotopic (exact) mass is 278 g/mol. The van der Waals surface area contributed by atoms with Gasteiger partial charge in [-0.25, -0.2) is 4.39 Å². The van der Waals surface area contributed by atoms with Gasteiger partial charge in [0.2, 0.25) is 0 Å². The standard InChI is InChI=1S/C14H16BFO2S/c1-13(2)14(3,4)18-15(17-13)10-5-6-11-9(12(10)16)7-8-19-11/h5-8H,1-4H3. The molecule has 1 aromatic carbocycles. The van der Waals surface area contributed by atoms with Gasteiger partial charge in [0.1, 0.15) is 5.82 Å². The zero-order chi connectivity index (χ0) is 13.8. The van der Waals surface area contributed by atoms with Gasteiger partial charge in [0.05, 0.1) is 11.2 Å². The average Bonchev–Trinajstić information content (AvgIpc) is 2.83. The fourth-order valence-electron chi connectivity index (χ4n) is 2.18. The van der Waals surface area contributed by atoms with Crippen molar-refractivity contribution in [2.75, 3.05) is 0 Å². The van der Waals surface area contributed by atoms with Crippen LogP contribution in [0, 0.1) is 5.82 Å². The summed E-state index contributed by atoms with van der Waals surface area (Å²) >= 11 is 1.53. The molecular formula is C14H16BFO2S. The third-order valence-electron chi connectivity index (χ3n) is 4.11. The minimum Gasteiger partial charge on any atom is -0.399 e. The van der Waals surface area contributed by atoms with E-state index in [0.29, 0.717) is 10.8 Å². The van der Waals surface area contributed by atoms with Gasteiger partial charge in [-0.3, -0.25) is 0 Å². The first-order chi connectivity index (χ1) is 8.82. The van der Waals surface area contributed by atoms with Crippen LogP contribution in [0.5, 0.6) is 0 Å². The van der Waals surface area contributed by atoms with Gasteiger partial charge in [0.25, 0.3) is 0 Å². The molecule has 0 atom stereocenters. The van der Waals surface area contributed by atoms with Crippen LogP contribution in [0.4, 0.5) is 4.39 Å². The molecule has 0 spiro atoms. The van der Waals surface area contributed by atoms with Gasteiger partial charge >= 0.3 is 7.12 Å². The fourth-order valence-corrected chi connectivity index (χ4v) is 2.96. The lowest BCUT2D eigenvalue weighted by Crippen LogP contribution is -2.41. The van der Waals surface area contributed by atoms with Gasteiger partial charge in [0, 0.05) is 15.5 Å². The Morgan fingerprint density at radius 2 is 1.68 bits per heavy atom. The summed E-state index contributed by atoms with van der Waals surface area (Å²) in [6.45, 7) is 7.87. The first-order valence-corrected chi connectivity index (χ1v) is 7.21. The van der Waals surface area contributed by atoms with Crippen molar-refractivity contribution < 1.29 is 13.7 Å². The van der Waals surface area contributed by atoms with Crippen LogP contribution in [0.25, 0.3) is 10.1 Å². The molecular weight excluding hydrogens is 262 g/mol. The van der Waals surface area contributed by atoms with Gasteiger partial charge in [-0.05, 0) is 45.2 Å². The van der Waals surface area contributed by atoms with E-state index in [-0.39, 0.29) is 5.82 Å². The van der Waals surface area contributed by atoms with Crippen molar-refractivity contribution in [1.29, 1.82) is 0 Å². The molecule has 0 bridgehead atoms. The predicted octanol–water partition coefficient (Wildman–Crippen LogP) is 3.34. The van der Waals surface area contributed by atoms with Crippen molar-refractivity contribution in [3.05, 3.63) is 29.4 Å². The van der Waals surface area contributed by atoms with E-state index in [9.17, 15) is 4.39 Å². The van der Waals surface area contributed by atoms with Crippen molar-refractivity contribution in [2.24, 2.45) is 0 Å². The molecule has 0 aliphatic carbocycles. The second-order valence-corrected chi connectivity index (χ2v) is 6.84. The van der Waals surface area contributed by atoms with E-state index >= 15 is 0 Å². The first kappa shape index (κ1) is 13.1. The summed E-state index contributed by atoms with van der Waals surface area (Å²) in [6.07, 6.45) is 0. The molecule has 2 aromatic rings. The quantitative estimate of drug-likeness (QED) is 0.745. The number of hydrogen-bond acceptors (Lipinski definition) is 3. The number of halogens is 1. The van der Waals surface area contributed by atoms with Crippen molar-refractivity contribution in [2.45, 2.75) is 38.9 Å². The summed E-state index contributed by atoms with van der Waals surface area (Å²) in [7, 11) is -0.644. The van der Waals surface area contributed by atoms with Crippen LogP contribution in [0.15, 0.2) is 23.6 Å². The number of benzene rings is 1. The van der Waals surface area contributed by atoms with Gasteiger partial charge < -0.3 is 9.31 Å². The minimum atomic E-state index is -0.644. The highest BCUT2D eigenvalue weighted by atomic mass is 32.1. The summed E-state index contributed by atoms with van der Waals surface area (Å²) in [5.41, 5.74) is -0.425. The van der Waals surface area contributed by atoms with E-state index in [1.807, 2.05) is 39.1 Å². The van der Waals surface area contributed by atoms with Crippen molar-refractivity contribution in [1.82, 2.24) is 0 Å². The molecule has 0 radical (unpaired) electrons. The van der Waals surface area contributed by atoms with Crippen LogP contribution in [0.1, 0.15) is 27.7 Å². The summed E-state index contributed by atoms with van der Waals surface area (Å²) in [5.74, 6) is -0.239. The Morgan fingerprint density at radius 3 is 2.32 bits per heavy atom. The van der Waals surface area contributed by atoms with E-state index in [4.69, 9.17) is 9.31 Å². The molecule has 0 N–H and O–H groups in total. The fraction of sp³-hybridized carbons (Fsp3) is 0.429. The molecule has 2 heterocycles. The van der Waals surface area contributed by atoms with Crippen LogP contribution in [0.3, 0.4) is 0 Å². The number of thiophene rings is 1. The summed E-state index contributed by atoms with van der Waals surface area (Å²) in [4.78, 5) is 0. The highest BCUT2D eigenvalue weighted by Crippen LogP contribution is 2.37. The van der Waals surface area contributed by atoms with Crippen molar-refractivity contribution in [3.63, 3.8) is 0 Å². The van der Waals surface area contributed by atoms with Crippen LogP contribution in [-0.4, -0.2) is 18.3 Å². The molecule has 3 rings (SSSR count). The van der Waals surface area contributed by atoms with Crippen molar-refractivity contribution >= 4 is 34.0 Å². The molecule has 1 saturated heterocycles. The van der Waals surface area contributed by atoms with Crippen LogP contribution >= 0.6 is 11.3 Å². The molecule has 19 heavy (non-hydrogen) atoms. The smallest absolute Gasteiger partial charge is 0.399 e. The van der Waals surface area contributed by atoms with Gasteiger partial charge in [-0.2, -0.15) is 0 Å². The Kier molecular flexibility index (Phi) is 2.79. The lowest BCUT2D eigenvalue weighted by atomic mass is 9.78. The Morgan fingerprint density at radius 1 is 1.05 bits per heavy atom. The Hall–Kier alpha value is -0.905. The molecule has 1 fully saturated rings. The maximum absolute atomic E-state index is 14.5. The normalized spacial score (nSPS) is 21.2. The third kappa shape index (κ3) is 1.92. The molecule has 100 valence electrons. The second kappa shape index (κ2) is 4.04. The van der Waals surface area contributed by atoms with Crippen LogP contribution < -0.4 is 5.46 Å². The van der Waals surface area contributed by atoms with E-state index < -0.39 is 18.3 Å². The summed E-state index contributed by atoms with van der Waals surface area (Å²) < 4.78 is 27.2. The van der Waals surface area contributed by atoms with Gasteiger partial charge in [-0.15, -0.1) is 11.3 Å². The maximum atomic E-state index is 14.5. The molecule has 0 amide bonds. The summed E-state index contributed by atoms with van der Waals surface area (Å²) in [6, 6.07) is 5.48. The predicted molar refractivity (Wildman–Crippen MR) is 77.5 cm³/mol. The number of rotatable bonds is 1. The molecule has 1 aromatic heterocycles. The second-order valence-electron chi connectivity index (χ2n) is 5.89. The maximum Gasteiger partial charge on any atom is 0.497 e. The average molecular weight is 278 g/mol. The van der Waals surface area contributed by atoms with Gasteiger partial charge in [-0.1, -0.05) is 6.07 Å². The Bertz CT molecular complexity index is 619. The van der Waals surface area contributed by atoms with E-state index in [1.165, 1.54) is 11.3 Å². The lowest BCUT2D eigenvalue weighted by molar-refractivity contribution is 0.00578. The number of hydrogen-bond donors (Lipinski definition) is 0. The highest BCUT2D eigenvalue weighted by Gasteiger charge is 2.52. The zero-order valence-corrected chi connectivity index (χ0v) is 12.3.